The molecule has 0 bridgehead atoms. The molecule has 1 saturated heterocycles. The lowest BCUT2D eigenvalue weighted by molar-refractivity contribution is -0.0192. The van der Waals surface area contributed by atoms with E-state index in [1.807, 2.05) is 6.92 Å². The summed E-state index contributed by atoms with van der Waals surface area (Å²) in [5, 5.41) is 3.21. The third-order valence-corrected chi connectivity index (χ3v) is 3.47. The first-order valence-corrected chi connectivity index (χ1v) is 7.22. The third kappa shape index (κ3) is 4.09. The Morgan fingerprint density at radius 3 is 3.10 bits per heavy atom. The summed E-state index contributed by atoms with van der Waals surface area (Å²) >= 11 is 4.95. The summed E-state index contributed by atoms with van der Waals surface area (Å²) in [4.78, 5) is 11.3. The fraction of sp³-hybridized carbons (Fsp3) is 0.615. The van der Waals surface area contributed by atoms with Crippen molar-refractivity contribution >= 4 is 23.2 Å². The molecule has 1 unspecified atom stereocenters. The predicted octanol–water partition coefficient (Wildman–Crippen LogP) is 0.552. The maximum atomic E-state index is 5.73. The van der Waals surface area contributed by atoms with Gasteiger partial charge in [0.1, 0.15) is 10.7 Å². The van der Waals surface area contributed by atoms with Crippen molar-refractivity contribution in [3.8, 4) is 0 Å². The molecule has 20 heavy (non-hydrogen) atoms. The Morgan fingerprint density at radius 1 is 1.60 bits per heavy atom. The van der Waals surface area contributed by atoms with Crippen LogP contribution in [0.5, 0.6) is 0 Å². The standard InChI is InChI=1S/C13H21N5OS/c1-3-18-4-5-19-10(8-18)7-15-13-16-9(2)6-11(17-13)12(14)20/h6,10H,3-5,7-8H2,1-2H3,(H2,14,20)(H,15,16,17). The molecule has 7 heteroatoms. The number of nitrogens with zero attached hydrogens (tertiary/aromatic N) is 3. The van der Waals surface area contributed by atoms with E-state index in [4.69, 9.17) is 22.7 Å². The minimum Gasteiger partial charge on any atom is -0.388 e. The summed E-state index contributed by atoms with van der Waals surface area (Å²) < 4.78 is 5.73. The van der Waals surface area contributed by atoms with Gasteiger partial charge in [-0.2, -0.15) is 0 Å². The Kier molecular flexibility index (Phi) is 5.22. The zero-order valence-corrected chi connectivity index (χ0v) is 12.7. The monoisotopic (exact) mass is 295 g/mol. The maximum absolute atomic E-state index is 5.73. The highest BCUT2D eigenvalue weighted by atomic mass is 32.1. The van der Waals surface area contributed by atoms with E-state index in [2.05, 4.69) is 27.1 Å². The number of morpholine rings is 1. The van der Waals surface area contributed by atoms with Crippen LogP contribution >= 0.6 is 12.2 Å². The smallest absolute Gasteiger partial charge is 0.223 e. The van der Waals surface area contributed by atoms with E-state index in [9.17, 15) is 0 Å². The Balaban J connectivity index is 1.95. The van der Waals surface area contributed by atoms with E-state index in [0.29, 0.717) is 18.2 Å². The second kappa shape index (κ2) is 6.92. The Hall–Kier alpha value is -1.31. The van der Waals surface area contributed by atoms with E-state index in [1.165, 1.54) is 0 Å². The maximum Gasteiger partial charge on any atom is 0.223 e. The molecule has 0 aromatic carbocycles. The number of aryl methyl sites for hydroxylation is 1. The number of likely N-dealkylation sites (N-methyl/N-ethyl adjacent to an activating group) is 1. The van der Waals surface area contributed by atoms with Crippen LogP contribution in [-0.2, 0) is 4.74 Å². The fourth-order valence-electron chi connectivity index (χ4n) is 2.17. The van der Waals surface area contributed by atoms with E-state index in [0.717, 1.165) is 31.9 Å². The Morgan fingerprint density at radius 2 is 2.40 bits per heavy atom. The quantitative estimate of drug-likeness (QED) is 0.768. The van der Waals surface area contributed by atoms with Gasteiger partial charge in [0.15, 0.2) is 0 Å². The van der Waals surface area contributed by atoms with Gasteiger partial charge in [-0.15, -0.1) is 0 Å². The van der Waals surface area contributed by atoms with Gasteiger partial charge >= 0.3 is 0 Å². The van der Waals surface area contributed by atoms with Gasteiger partial charge in [-0.25, -0.2) is 9.97 Å². The summed E-state index contributed by atoms with van der Waals surface area (Å²) in [7, 11) is 0. The van der Waals surface area contributed by atoms with Gasteiger partial charge in [-0.05, 0) is 19.5 Å². The number of anilines is 1. The van der Waals surface area contributed by atoms with Crippen LogP contribution in [0.2, 0.25) is 0 Å². The van der Waals surface area contributed by atoms with Crippen LogP contribution in [0.4, 0.5) is 5.95 Å². The predicted molar refractivity (Wildman–Crippen MR) is 83.0 cm³/mol. The summed E-state index contributed by atoms with van der Waals surface area (Å²) in [6, 6.07) is 1.78. The molecule has 1 atom stereocenters. The van der Waals surface area contributed by atoms with Gasteiger partial charge in [0.2, 0.25) is 5.95 Å². The summed E-state index contributed by atoms with van der Waals surface area (Å²) in [6.45, 7) is 8.48. The molecular weight excluding hydrogens is 274 g/mol. The average Bonchev–Trinajstić information content (AvgIpc) is 2.44. The Bertz CT molecular complexity index is 482. The van der Waals surface area contributed by atoms with Crippen LogP contribution in [0.1, 0.15) is 18.3 Å². The minimum absolute atomic E-state index is 0.154. The molecule has 0 radical (unpaired) electrons. The zero-order chi connectivity index (χ0) is 14.5. The molecule has 1 aliphatic heterocycles. The van der Waals surface area contributed by atoms with Gasteiger partial charge in [-0.3, -0.25) is 4.90 Å². The number of hydrogen-bond acceptors (Lipinski definition) is 6. The molecule has 0 saturated carbocycles. The largest absolute Gasteiger partial charge is 0.388 e. The van der Waals surface area contributed by atoms with Crippen molar-refractivity contribution in [2.45, 2.75) is 20.0 Å². The van der Waals surface area contributed by atoms with Gasteiger partial charge in [0.25, 0.3) is 0 Å². The van der Waals surface area contributed by atoms with Crippen LogP contribution in [0.25, 0.3) is 0 Å². The fourth-order valence-corrected chi connectivity index (χ4v) is 2.27. The van der Waals surface area contributed by atoms with Crippen molar-refractivity contribution < 1.29 is 4.74 Å². The van der Waals surface area contributed by atoms with E-state index < -0.39 is 0 Å². The molecule has 3 N–H and O–H groups in total. The van der Waals surface area contributed by atoms with Crippen molar-refractivity contribution in [3.05, 3.63) is 17.5 Å². The average molecular weight is 295 g/mol. The number of rotatable bonds is 5. The Labute approximate surface area is 124 Å². The van der Waals surface area contributed by atoms with E-state index in [1.54, 1.807) is 6.07 Å². The number of aromatic nitrogens is 2. The second-order valence-electron chi connectivity index (χ2n) is 4.85. The van der Waals surface area contributed by atoms with Gasteiger partial charge in [0, 0.05) is 25.3 Å². The van der Waals surface area contributed by atoms with Crippen molar-refractivity contribution in [1.82, 2.24) is 14.9 Å². The molecule has 1 aliphatic rings. The molecule has 0 spiro atoms. The van der Waals surface area contributed by atoms with Crippen LogP contribution in [0.15, 0.2) is 6.07 Å². The van der Waals surface area contributed by atoms with Crippen LogP contribution in [-0.4, -0.2) is 58.7 Å². The molecule has 1 aromatic rings. The first-order chi connectivity index (χ1) is 9.58. The SMILES string of the molecule is CCN1CCOC(CNc2nc(C)cc(C(N)=S)n2)C1. The van der Waals surface area contributed by atoms with Crippen LogP contribution in [0, 0.1) is 6.92 Å². The summed E-state index contributed by atoms with van der Waals surface area (Å²) in [5.41, 5.74) is 7.04. The van der Waals surface area contributed by atoms with Crippen molar-refractivity contribution in [3.63, 3.8) is 0 Å². The minimum atomic E-state index is 0.154. The molecule has 1 fully saturated rings. The number of thiocarbonyl (C=S) groups is 1. The van der Waals surface area contributed by atoms with E-state index >= 15 is 0 Å². The second-order valence-corrected chi connectivity index (χ2v) is 5.29. The number of nitrogens with two attached hydrogens (primary N) is 1. The first-order valence-electron chi connectivity index (χ1n) is 6.81. The molecule has 2 heterocycles. The molecule has 1 aromatic heterocycles. The molecule has 0 aliphatic carbocycles. The van der Waals surface area contributed by atoms with Gasteiger partial charge in [0.05, 0.1) is 12.7 Å². The zero-order valence-electron chi connectivity index (χ0n) is 11.9. The molecule has 6 nitrogen and oxygen atoms in total. The highest BCUT2D eigenvalue weighted by Crippen LogP contribution is 2.08. The topological polar surface area (TPSA) is 76.3 Å². The van der Waals surface area contributed by atoms with Crippen molar-refractivity contribution in [1.29, 1.82) is 0 Å². The van der Waals surface area contributed by atoms with Crippen LogP contribution in [0.3, 0.4) is 0 Å². The molecular formula is C13H21N5OS. The van der Waals surface area contributed by atoms with Gasteiger partial charge in [-0.1, -0.05) is 19.1 Å². The summed E-state index contributed by atoms with van der Waals surface area (Å²) in [6.07, 6.45) is 0.154. The highest BCUT2D eigenvalue weighted by molar-refractivity contribution is 7.80. The van der Waals surface area contributed by atoms with E-state index in [-0.39, 0.29) is 11.1 Å². The lowest BCUT2D eigenvalue weighted by atomic mass is 10.2. The van der Waals surface area contributed by atoms with Gasteiger partial charge < -0.3 is 15.8 Å². The number of nitrogens with one attached hydrogen (secondary N) is 1. The molecule has 110 valence electrons. The molecule has 0 amide bonds. The highest BCUT2D eigenvalue weighted by Gasteiger charge is 2.19. The van der Waals surface area contributed by atoms with Crippen molar-refractivity contribution in [2.24, 2.45) is 5.73 Å². The molecule has 2 rings (SSSR count). The third-order valence-electron chi connectivity index (χ3n) is 3.26. The van der Waals surface area contributed by atoms with Crippen LogP contribution < -0.4 is 11.1 Å². The summed E-state index contributed by atoms with van der Waals surface area (Å²) in [5.74, 6) is 0.546. The lowest BCUT2D eigenvalue weighted by Gasteiger charge is -2.32. The number of hydrogen-bond donors (Lipinski definition) is 2. The lowest BCUT2D eigenvalue weighted by Crippen LogP contribution is -2.45. The normalized spacial score (nSPS) is 19.8. The van der Waals surface area contributed by atoms with Crippen molar-refractivity contribution in [2.75, 3.05) is 38.1 Å². The number of ether oxygens (including phenoxy) is 1. The first kappa shape index (κ1) is 15.1.